The molecule has 2 fully saturated rings. The van der Waals surface area contributed by atoms with Crippen LogP contribution in [0.15, 0.2) is 54.6 Å². The van der Waals surface area contributed by atoms with E-state index in [2.05, 4.69) is 36.4 Å². The fourth-order valence-electron chi connectivity index (χ4n) is 4.97. The van der Waals surface area contributed by atoms with Crippen LogP contribution in [-0.2, 0) is 16.0 Å². The van der Waals surface area contributed by atoms with Gasteiger partial charge in [0.05, 0.1) is 5.92 Å². The summed E-state index contributed by atoms with van der Waals surface area (Å²) < 4.78 is 0. The Morgan fingerprint density at radius 2 is 1.72 bits per heavy atom. The maximum Gasteiger partial charge on any atom is 0.307 e. The van der Waals surface area contributed by atoms with E-state index in [0.717, 1.165) is 18.4 Å². The Kier molecular flexibility index (Phi) is 3.75. The molecule has 4 atom stereocenters. The lowest BCUT2D eigenvalue weighted by Crippen LogP contribution is -2.26. The molecule has 0 heterocycles. The van der Waals surface area contributed by atoms with Crippen molar-refractivity contribution in [3.05, 3.63) is 60.2 Å². The number of Topliss-reactive ketones (excluding diaryl/α,β-unsaturated/α-hetero) is 1. The number of aliphatic carboxylic acids is 1. The van der Waals surface area contributed by atoms with Gasteiger partial charge in [-0.1, -0.05) is 61.5 Å². The molecule has 3 heteroatoms. The van der Waals surface area contributed by atoms with Gasteiger partial charge in [0.1, 0.15) is 5.78 Å². The van der Waals surface area contributed by atoms with Gasteiger partial charge < -0.3 is 5.11 Å². The number of rotatable bonds is 5. The molecule has 2 aromatic carbocycles. The highest BCUT2D eigenvalue weighted by molar-refractivity contribution is 5.99. The Morgan fingerprint density at radius 3 is 2.28 bits per heavy atom. The number of hydrogen-bond donors (Lipinski definition) is 1. The highest BCUT2D eigenvalue weighted by atomic mass is 16.4. The minimum absolute atomic E-state index is 0.0249. The van der Waals surface area contributed by atoms with Gasteiger partial charge in [0, 0.05) is 11.3 Å². The van der Waals surface area contributed by atoms with E-state index in [1.807, 2.05) is 25.1 Å². The van der Waals surface area contributed by atoms with Crippen molar-refractivity contribution in [2.24, 2.45) is 23.2 Å². The lowest BCUT2D eigenvalue weighted by molar-refractivity contribution is -0.142. The van der Waals surface area contributed by atoms with E-state index in [9.17, 15) is 14.7 Å². The van der Waals surface area contributed by atoms with E-state index >= 15 is 0 Å². The fourth-order valence-corrected chi connectivity index (χ4v) is 4.97. The molecule has 2 saturated carbocycles. The molecule has 0 radical (unpaired) electrons. The first-order chi connectivity index (χ1) is 12.1. The molecule has 0 spiro atoms. The molecule has 2 aliphatic rings. The Hall–Kier alpha value is -2.42. The topological polar surface area (TPSA) is 54.4 Å². The quantitative estimate of drug-likeness (QED) is 0.891. The van der Waals surface area contributed by atoms with Crippen molar-refractivity contribution in [1.82, 2.24) is 0 Å². The van der Waals surface area contributed by atoms with E-state index in [1.165, 1.54) is 11.1 Å². The van der Waals surface area contributed by atoms with Crippen molar-refractivity contribution in [2.45, 2.75) is 26.2 Å². The van der Waals surface area contributed by atoms with Gasteiger partial charge in [-0.15, -0.1) is 0 Å². The summed E-state index contributed by atoms with van der Waals surface area (Å²) in [5, 5.41) is 9.34. The van der Waals surface area contributed by atoms with Crippen molar-refractivity contribution in [3.8, 4) is 11.1 Å². The van der Waals surface area contributed by atoms with E-state index in [1.54, 1.807) is 0 Å². The minimum Gasteiger partial charge on any atom is -0.481 e. The molecule has 4 rings (SSSR count). The molecule has 128 valence electrons. The number of ketones is 1. The third kappa shape index (κ3) is 2.41. The number of hydrogen-bond acceptors (Lipinski definition) is 2. The maximum atomic E-state index is 12.8. The Morgan fingerprint density at radius 1 is 1.08 bits per heavy atom. The number of carboxylic acids is 1. The van der Waals surface area contributed by atoms with Gasteiger partial charge >= 0.3 is 5.97 Å². The molecular formula is C22H22O3. The van der Waals surface area contributed by atoms with Crippen LogP contribution < -0.4 is 0 Å². The first-order valence-corrected chi connectivity index (χ1v) is 8.99. The zero-order valence-corrected chi connectivity index (χ0v) is 14.3. The lowest BCUT2D eigenvalue weighted by Gasteiger charge is -2.17. The number of carbonyl (C=O) groups is 2. The molecule has 2 aromatic rings. The van der Waals surface area contributed by atoms with Crippen molar-refractivity contribution in [3.63, 3.8) is 0 Å². The van der Waals surface area contributed by atoms with Crippen LogP contribution in [-0.4, -0.2) is 16.9 Å². The Balaban J connectivity index is 1.47. The van der Waals surface area contributed by atoms with Crippen LogP contribution in [0.1, 0.15) is 25.3 Å². The van der Waals surface area contributed by atoms with E-state index in [-0.39, 0.29) is 17.6 Å². The first kappa shape index (κ1) is 16.1. The summed E-state index contributed by atoms with van der Waals surface area (Å²) in [5.74, 6) is -1.04. The molecule has 0 bridgehead atoms. The fraction of sp³-hybridized carbons (Fsp3) is 0.364. The SMILES string of the molecule is CCC12C(=O)C(Cc3ccc(-c4ccccc4)cc3)CC1C2C(=O)O. The molecule has 1 N–H and O–H groups in total. The normalized spacial score (nSPS) is 30.1. The smallest absolute Gasteiger partial charge is 0.307 e. The summed E-state index contributed by atoms with van der Waals surface area (Å²) in [6.45, 7) is 1.95. The average molecular weight is 334 g/mol. The second kappa shape index (κ2) is 5.83. The third-order valence-corrected chi connectivity index (χ3v) is 6.27. The van der Waals surface area contributed by atoms with Crippen molar-refractivity contribution in [2.75, 3.05) is 0 Å². The second-order valence-corrected chi connectivity index (χ2v) is 7.38. The van der Waals surface area contributed by atoms with Crippen LogP contribution in [0.4, 0.5) is 0 Å². The average Bonchev–Trinajstić information content (AvgIpc) is 3.22. The van der Waals surface area contributed by atoms with Crippen LogP contribution in [0, 0.1) is 23.2 Å². The van der Waals surface area contributed by atoms with E-state index in [4.69, 9.17) is 0 Å². The highest BCUT2D eigenvalue weighted by Gasteiger charge is 2.75. The van der Waals surface area contributed by atoms with Crippen molar-refractivity contribution < 1.29 is 14.7 Å². The molecule has 0 amide bonds. The number of carbonyl (C=O) groups excluding carboxylic acids is 1. The molecule has 3 nitrogen and oxygen atoms in total. The molecule has 0 aromatic heterocycles. The largest absolute Gasteiger partial charge is 0.481 e. The number of benzene rings is 2. The summed E-state index contributed by atoms with van der Waals surface area (Å²) in [6.07, 6.45) is 2.10. The molecule has 4 unspecified atom stereocenters. The van der Waals surface area contributed by atoms with Crippen LogP contribution in [0.3, 0.4) is 0 Å². The van der Waals surface area contributed by atoms with Crippen LogP contribution in [0.25, 0.3) is 11.1 Å². The molecule has 0 saturated heterocycles. The molecule has 25 heavy (non-hydrogen) atoms. The maximum absolute atomic E-state index is 12.8. The highest BCUT2D eigenvalue weighted by Crippen LogP contribution is 2.69. The monoisotopic (exact) mass is 334 g/mol. The van der Waals surface area contributed by atoms with Gasteiger partial charge in [0.15, 0.2) is 0 Å². The Labute approximate surface area is 147 Å². The number of fused-ring (bicyclic) bond motifs is 1. The van der Waals surface area contributed by atoms with Crippen LogP contribution in [0.2, 0.25) is 0 Å². The molecular weight excluding hydrogens is 312 g/mol. The van der Waals surface area contributed by atoms with Gasteiger partial charge in [0.2, 0.25) is 0 Å². The predicted molar refractivity (Wildman–Crippen MR) is 96.0 cm³/mol. The van der Waals surface area contributed by atoms with E-state index in [0.29, 0.717) is 6.42 Å². The predicted octanol–water partition coefficient (Wildman–Crippen LogP) is 4.21. The van der Waals surface area contributed by atoms with Crippen LogP contribution >= 0.6 is 0 Å². The van der Waals surface area contributed by atoms with Gasteiger partial charge in [-0.2, -0.15) is 0 Å². The summed E-state index contributed by atoms with van der Waals surface area (Å²) in [4.78, 5) is 24.2. The number of carboxylic acid groups (broad SMARTS) is 1. The van der Waals surface area contributed by atoms with Gasteiger partial charge in [-0.25, -0.2) is 0 Å². The van der Waals surface area contributed by atoms with Gasteiger partial charge in [-0.3, -0.25) is 9.59 Å². The molecule has 0 aliphatic heterocycles. The summed E-state index contributed by atoms with van der Waals surface area (Å²) in [5.41, 5.74) is 2.93. The zero-order valence-electron chi connectivity index (χ0n) is 14.3. The first-order valence-electron chi connectivity index (χ1n) is 8.99. The standard InChI is InChI=1S/C22H22O3/c1-2-22-18(19(22)21(24)25)13-17(20(22)23)12-14-8-10-16(11-9-14)15-6-4-3-5-7-15/h3-11,17-19H,2,12-13H2,1H3,(H,24,25). The molecule has 2 aliphatic carbocycles. The Bertz CT molecular complexity index is 809. The van der Waals surface area contributed by atoms with Gasteiger partial charge in [-0.05, 0) is 41.9 Å². The minimum atomic E-state index is -0.800. The van der Waals surface area contributed by atoms with Crippen molar-refractivity contribution >= 4 is 11.8 Å². The zero-order chi connectivity index (χ0) is 17.6. The van der Waals surface area contributed by atoms with Crippen LogP contribution in [0.5, 0.6) is 0 Å². The summed E-state index contributed by atoms with van der Waals surface area (Å²) >= 11 is 0. The summed E-state index contributed by atoms with van der Waals surface area (Å²) in [6, 6.07) is 18.6. The lowest BCUT2D eigenvalue weighted by atomic mass is 9.86. The van der Waals surface area contributed by atoms with E-state index < -0.39 is 17.3 Å². The van der Waals surface area contributed by atoms with Crippen molar-refractivity contribution in [1.29, 1.82) is 0 Å². The second-order valence-electron chi connectivity index (χ2n) is 7.38. The summed E-state index contributed by atoms with van der Waals surface area (Å²) in [7, 11) is 0. The van der Waals surface area contributed by atoms with Gasteiger partial charge in [0.25, 0.3) is 0 Å². The third-order valence-electron chi connectivity index (χ3n) is 6.27.